The predicted molar refractivity (Wildman–Crippen MR) is 82.4 cm³/mol. The Bertz CT molecular complexity index is 334. The van der Waals surface area contributed by atoms with Crippen LogP contribution in [0.5, 0.6) is 0 Å². The van der Waals surface area contributed by atoms with Crippen molar-refractivity contribution >= 4 is 5.91 Å². The number of nitrogens with zero attached hydrogens (tertiary/aromatic N) is 1. The normalized spacial score (nSPS) is 35.3. The van der Waals surface area contributed by atoms with Crippen LogP contribution in [0.25, 0.3) is 0 Å². The molecule has 1 amide bonds. The van der Waals surface area contributed by atoms with E-state index in [0.717, 1.165) is 38.1 Å². The van der Waals surface area contributed by atoms with Crippen molar-refractivity contribution in [2.75, 3.05) is 26.7 Å². The maximum absolute atomic E-state index is 11.9. The number of likely N-dealkylation sites (N-methyl/N-ethyl adjacent to an activating group) is 1. The fourth-order valence-corrected chi connectivity index (χ4v) is 4.27. The van der Waals surface area contributed by atoms with E-state index in [1.165, 1.54) is 32.4 Å². The summed E-state index contributed by atoms with van der Waals surface area (Å²) < 4.78 is 0. The molecule has 2 rings (SSSR count). The highest BCUT2D eigenvalue weighted by molar-refractivity contribution is 5.85. The fraction of sp³-hybridized carbons (Fsp3) is 0.938. The summed E-state index contributed by atoms with van der Waals surface area (Å²) >= 11 is 0. The molecule has 0 bridgehead atoms. The van der Waals surface area contributed by atoms with E-state index >= 15 is 0 Å². The van der Waals surface area contributed by atoms with Crippen molar-refractivity contribution in [1.29, 1.82) is 0 Å². The van der Waals surface area contributed by atoms with Crippen LogP contribution in [0.3, 0.4) is 0 Å². The van der Waals surface area contributed by atoms with E-state index in [1.807, 2.05) is 7.05 Å². The molecule has 1 saturated heterocycles. The Labute approximate surface area is 123 Å². The topological polar surface area (TPSA) is 58.4 Å². The highest BCUT2D eigenvalue weighted by Crippen LogP contribution is 2.38. The van der Waals surface area contributed by atoms with Gasteiger partial charge in [0.2, 0.25) is 5.91 Å². The number of piperidine rings is 1. The monoisotopic (exact) mass is 281 g/mol. The van der Waals surface area contributed by atoms with Gasteiger partial charge in [-0.2, -0.15) is 0 Å². The van der Waals surface area contributed by atoms with Crippen LogP contribution >= 0.6 is 0 Å². The van der Waals surface area contributed by atoms with E-state index in [-0.39, 0.29) is 5.91 Å². The molecule has 0 aromatic rings. The average Bonchev–Trinajstić information content (AvgIpc) is 2.89. The number of nitrogens with two attached hydrogens (primary N) is 1. The van der Waals surface area contributed by atoms with Crippen molar-refractivity contribution in [2.24, 2.45) is 17.6 Å². The first-order chi connectivity index (χ1) is 9.62. The van der Waals surface area contributed by atoms with Crippen molar-refractivity contribution in [1.82, 2.24) is 10.2 Å². The summed E-state index contributed by atoms with van der Waals surface area (Å²) in [5, 5.41) is 3.24. The van der Waals surface area contributed by atoms with Gasteiger partial charge in [0, 0.05) is 6.54 Å². The Morgan fingerprint density at radius 3 is 2.85 bits per heavy atom. The van der Waals surface area contributed by atoms with E-state index in [9.17, 15) is 4.79 Å². The van der Waals surface area contributed by atoms with E-state index < -0.39 is 5.54 Å². The van der Waals surface area contributed by atoms with E-state index in [2.05, 4.69) is 17.1 Å². The number of rotatable bonds is 6. The van der Waals surface area contributed by atoms with Gasteiger partial charge in [-0.3, -0.25) is 4.79 Å². The summed E-state index contributed by atoms with van der Waals surface area (Å²) in [4.78, 5) is 14.5. The van der Waals surface area contributed by atoms with Gasteiger partial charge in [0.1, 0.15) is 5.54 Å². The molecule has 0 spiro atoms. The maximum atomic E-state index is 11.9. The zero-order valence-electron chi connectivity index (χ0n) is 13.2. The van der Waals surface area contributed by atoms with E-state index in [4.69, 9.17) is 5.73 Å². The van der Waals surface area contributed by atoms with Crippen LogP contribution in [0, 0.1) is 11.8 Å². The molecule has 116 valence electrons. The smallest absolute Gasteiger partial charge is 0.238 e. The highest BCUT2D eigenvalue weighted by Gasteiger charge is 2.46. The molecule has 0 aromatic heterocycles. The van der Waals surface area contributed by atoms with Crippen LogP contribution in [0.4, 0.5) is 0 Å². The zero-order valence-corrected chi connectivity index (χ0v) is 13.2. The molecule has 3 unspecified atom stereocenters. The minimum atomic E-state index is -0.444. The second kappa shape index (κ2) is 6.90. The second-order valence-electron chi connectivity index (χ2n) is 6.68. The molecule has 3 atom stereocenters. The van der Waals surface area contributed by atoms with Gasteiger partial charge in [-0.15, -0.1) is 0 Å². The number of primary amides is 1. The largest absolute Gasteiger partial charge is 0.368 e. The number of amides is 1. The van der Waals surface area contributed by atoms with Gasteiger partial charge >= 0.3 is 0 Å². The molecule has 0 radical (unpaired) electrons. The first kappa shape index (κ1) is 15.8. The number of hydrogen-bond acceptors (Lipinski definition) is 3. The van der Waals surface area contributed by atoms with Gasteiger partial charge in [0.25, 0.3) is 0 Å². The van der Waals surface area contributed by atoms with Crippen LogP contribution in [0.2, 0.25) is 0 Å². The third-order valence-corrected chi connectivity index (χ3v) is 5.68. The van der Waals surface area contributed by atoms with Crippen molar-refractivity contribution in [3.05, 3.63) is 0 Å². The number of hydrogen-bond donors (Lipinski definition) is 2. The molecule has 4 nitrogen and oxygen atoms in total. The Kier molecular flexibility index (Phi) is 5.44. The molecule has 2 aliphatic rings. The Morgan fingerprint density at radius 2 is 2.20 bits per heavy atom. The summed E-state index contributed by atoms with van der Waals surface area (Å²) in [5.74, 6) is 1.12. The lowest BCUT2D eigenvalue weighted by atomic mass is 9.83. The number of carbonyl (C=O) groups excluding carboxylic acids is 1. The van der Waals surface area contributed by atoms with Gasteiger partial charge in [0.05, 0.1) is 0 Å². The summed E-state index contributed by atoms with van der Waals surface area (Å²) in [6, 6.07) is 0. The number of likely N-dealkylation sites (tertiary alicyclic amines) is 1. The minimum absolute atomic E-state index is 0.160. The van der Waals surface area contributed by atoms with Crippen molar-refractivity contribution < 1.29 is 4.79 Å². The Morgan fingerprint density at radius 1 is 1.40 bits per heavy atom. The molecular formula is C16H31N3O. The lowest BCUT2D eigenvalue weighted by Gasteiger charge is -2.36. The molecular weight excluding hydrogens is 250 g/mol. The molecule has 3 N–H and O–H groups in total. The fourth-order valence-electron chi connectivity index (χ4n) is 4.27. The Balaban J connectivity index is 1.88. The van der Waals surface area contributed by atoms with Crippen LogP contribution in [-0.2, 0) is 4.79 Å². The van der Waals surface area contributed by atoms with Gasteiger partial charge in [-0.1, -0.05) is 19.8 Å². The van der Waals surface area contributed by atoms with Crippen molar-refractivity contribution in [3.8, 4) is 0 Å². The third-order valence-electron chi connectivity index (χ3n) is 5.68. The van der Waals surface area contributed by atoms with E-state index in [0.29, 0.717) is 5.92 Å². The summed E-state index contributed by atoms with van der Waals surface area (Å²) in [7, 11) is 1.89. The van der Waals surface area contributed by atoms with Gasteiger partial charge in [-0.25, -0.2) is 0 Å². The van der Waals surface area contributed by atoms with Gasteiger partial charge in [0.15, 0.2) is 0 Å². The minimum Gasteiger partial charge on any atom is -0.368 e. The summed E-state index contributed by atoms with van der Waals surface area (Å²) in [6.07, 6.45) is 8.26. The molecule has 1 heterocycles. The molecule has 4 heteroatoms. The Hall–Kier alpha value is -0.610. The van der Waals surface area contributed by atoms with Gasteiger partial charge in [-0.05, 0) is 64.1 Å². The summed E-state index contributed by atoms with van der Waals surface area (Å²) in [6.45, 7) is 5.89. The molecule has 1 aliphatic carbocycles. The molecule has 0 aromatic carbocycles. The quantitative estimate of drug-likeness (QED) is 0.780. The molecule has 1 aliphatic heterocycles. The first-order valence-corrected chi connectivity index (χ1v) is 8.33. The third kappa shape index (κ3) is 3.17. The van der Waals surface area contributed by atoms with Gasteiger partial charge < -0.3 is 16.0 Å². The highest BCUT2D eigenvalue weighted by atomic mass is 16.1. The summed E-state index contributed by atoms with van der Waals surface area (Å²) in [5.41, 5.74) is 5.23. The SMILES string of the molecule is CCC1CCCN(CCC2CCCC2(NC)C(N)=O)C1. The van der Waals surface area contributed by atoms with Crippen LogP contribution in [-0.4, -0.2) is 43.0 Å². The van der Waals surface area contributed by atoms with Crippen LogP contribution in [0.15, 0.2) is 0 Å². The lowest BCUT2D eigenvalue weighted by molar-refractivity contribution is -0.125. The second-order valence-corrected chi connectivity index (χ2v) is 6.68. The molecule has 1 saturated carbocycles. The standard InChI is InChI=1S/C16H31N3O/c1-3-13-6-5-10-19(12-13)11-8-14-7-4-9-16(14,18-2)15(17)20/h13-14,18H,3-12H2,1-2H3,(H2,17,20). The zero-order chi connectivity index (χ0) is 14.6. The maximum Gasteiger partial charge on any atom is 0.238 e. The average molecular weight is 281 g/mol. The molecule has 20 heavy (non-hydrogen) atoms. The van der Waals surface area contributed by atoms with Crippen molar-refractivity contribution in [3.63, 3.8) is 0 Å². The number of carbonyl (C=O) groups is 1. The van der Waals surface area contributed by atoms with Crippen LogP contribution in [0.1, 0.15) is 51.9 Å². The van der Waals surface area contributed by atoms with Crippen molar-refractivity contribution in [2.45, 2.75) is 57.4 Å². The lowest BCUT2D eigenvalue weighted by Crippen LogP contribution is -2.57. The molecule has 2 fully saturated rings. The number of nitrogens with one attached hydrogen (secondary N) is 1. The first-order valence-electron chi connectivity index (χ1n) is 8.33. The van der Waals surface area contributed by atoms with Crippen LogP contribution < -0.4 is 11.1 Å². The van der Waals surface area contributed by atoms with E-state index in [1.54, 1.807) is 0 Å². The predicted octanol–water partition coefficient (Wildman–Crippen LogP) is 1.74.